The van der Waals surface area contributed by atoms with Crippen molar-refractivity contribution in [1.82, 2.24) is 9.55 Å². The number of nitrogens with two attached hydrogens (primary N) is 1. The number of methoxy groups -OCH3 is 2. The Bertz CT molecular complexity index is 4490. The summed E-state index contributed by atoms with van der Waals surface area (Å²) in [4.78, 5) is 52.7. The third-order valence-electron chi connectivity index (χ3n) is 10.9. The molecule has 7 aromatic rings. The summed E-state index contributed by atoms with van der Waals surface area (Å²) in [6.07, 6.45) is 3.95. The van der Waals surface area contributed by atoms with Crippen LogP contribution in [0, 0.1) is 146 Å². The van der Waals surface area contributed by atoms with Gasteiger partial charge in [0.15, 0.2) is 6.17 Å². The summed E-state index contributed by atoms with van der Waals surface area (Å²) < 4.78 is 12.0. The van der Waals surface area contributed by atoms with Gasteiger partial charge in [-0.3, -0.25) is 14.6 Å². The number of benzene rings is 6. The number of anilines is 1. The van der Waals surface area contributed by atoms with Gasteiger partial charge in [0.2, 0.25) is 0 Å². The molecule has 1 aliphatic rings. The molecule has 1 amide bonds. The molecule has 1 aliphatic heterocycles. The molecule has 16 nitrogen and oxygen atoms in total. The van der Waals surface area contributed by atoms with Crippen LogP contribution in [0.2, 0.25) is 0 Å². The Labute approximate surface area is 510 Å². The highest BCUT2D eigenvalue weighted by molar-refractivity contribution is 6.20. The number of aliphatic imine (C=N–C) groups is 1. The van der Waals surface area contributed by atoms with Crippen molar-refractivity contribution in [2.24, 2.45) is 15.9 Å². The number of fused-ring (bicyclic) bond motifs is 2. The van der Waals surface area contributed by atoms with Crippen molar-refractivity contribution in [3.63, 3.8) is 0 Å². The number of rotatable bonds is 8. The predicted octanol–water partition coefficient (Wildman–Crippen LogP) is 11.0. The van der Waals surface area contributed by atoms with Gasteiger partial charge in [-0.15, -0.1) is 12.0 Å². The van der Waals surface area contributed by atoms with Crippen molar-refractivity contribution in [2.75, 3.05) is 19.1 Å². The molecule has 0 fully saturated rings. The number of benzodiazepines with no additional fused rings is 1. The lowest BCUT2D eigenvalue weighted by Crippen LogP contribution is -2.41. The van der Waals surface area contributed by atoms with Gasteiger partial charge in [-0.1, -0.05) is 140 Å². The van der Waals surface area contributed by atoms with Gasteiger partial charge < -0.3 is 29.9 Å². The minimum Gasteiger partial charge on any atom is -0.497 e. The van der Waals surface area contributed by atoms with Crippen molar-refractivity contribution < 1.29 is 30.9 Å². The van der Waals surface area contributed by atoms with Crippen LogP contribution in [-0.4, -0.2) is 46.8 Å². The standard InChI is InChI=1S/C23H19N3O3.C23H21N3O2.C23H4.CH4.HN3.O2.8H2/c1-29-18-13-11-16(12-14-18)15-26-20-10-6-5-9-19(20)21(17-7-3-2-4-8-17)24-22(25-28)23(26)27;1-28-18-13-11-16(12-14-18)15-26-20-10-6-5-9-19(20)21(25-22(24)23(26)27)17-7-3-2-4-8-17;1-3-5-7-9-11-13-15-17-19-21-23-22-20-18-16-14-12-10-8-6-4-2;;1-3-2;1-2;;;;;;;;/h2-14,28H,15H2,1H3;2-14,22H,15,24H2,1H3;1H,2H3;1H4;1H;;8*1H/b25-22-;;;;;;;;;;;;;. The van der Waals surface area contributed by atoms with Crippen molar-refractivity contribution in [3.8, 4) is 154 Å². The molecule has 0 spiro atoms. The fourth-order valence-corrected chi connectivity index (χ4v) is 7.29. The van der Waals surface area contributed by atoms with Crippen LogP contribution in [-0.2, 0) is 17.9 Å². The number of nitrogens with one attached hydrogen (secondary N) is 1. The molecule has 1 atom stereocenters. The van der Waals surface area contributed by atoms with Crippen LogP contribution in [0.1, 0.15) is 48.0 Å². The van der Waals surface area contributed by atoms with Crippen molar-refractivity contribution in [2.45, 2.75) is 33.6 Å². The maximum Gasteiger partial charge on any atom is 0.299 e. The summed E-state index contributed by atoms with van der Waals surface area (Å²) in [5.74, 6) is 53.2. The first-order valence-corrected chi connectivity index (χ1v) is 24.6. The minimum atomic E-state index is -0.958. The third-order valence-corrected chi connectivity index (χ3v) is 10.9. The number of carbonyl (C=O) groups excluding carboxylic acids is 1. The molecule has 1 unspecified atom stereocenters. The first-order valence-electron chi connectivity index (χ1n) is 24.6. The molecule has 2 heterocycles. The first kappa shape index (κ1) is 67.0. The van der Waals surface area contributed by atoms with E-state index in [0.717, 1.165) is 56.1 Å². The number of carbonyl (C=O) groups is 1. The van der Waals surface area contributed by atoms with E-state index in [0.29, 0.717) is 24.3 Å². The van der Waals surface area contributed by atoms with E-state index >= 15 is 0 Å². The zero-order valence-electron chi connectivity index (χ0n) is 45.7. The lowest BCUT2D eigenvalue weighted by molar-refractivity contribution is -0.119. The molecule has 16 heteroatoms. The summed E-state index contributed by atoms with van der Waals surface area (Å²) >= 11 is 0. The summed E-state index contributed by atoms with van der Waals surface area (Å²) in [5.41, 5.74) is 25.1. The smallest absolute Gasteiger partial charge is 0.299 e. The van der Waals surface area contributed by atoms with E-state index in [1.165, 1.54) is 0 Å². The SMILES string of the molecule is C.C#CC#CC#CC#CC#CC#CC#CC#CC#CC#CC#CC.COc1ccc(CN2C(=O)C(N)N=C(c3ccccc3)c3ccccc32)cc1.COc1ccc(Cn2c(=O)/c(=N/O)nc(-c3ccccc3)c3ccccc32)cc1.O=O.[HH].[HH].[HH].[HH].[HH].[HH].[HH].[HH].[N-]=[N+]=N. The summed E-state index contributed by atoms with van der Waals surface area (Å²) in [7, 11) is 3.24. The summed E-state index contributed by atoms with van der Waals surface area (Å²) in [5, 5.41) is 13.5. The van der Waals surface area contributed by atoms with Crippen molar-refractivity contribution >= 4 is 28.2 Å². The second-order valence-electron chi connectivity index (χ2n) is 16.0. The van der Waals surface area contributed by atoms with E-state index in [4.69, 9.17) is 42.6 Å². The van der Waals surface area contributed by atoms with Gasteiger partial charge in [0.25, 0.3) is 17.0 Å². The second-order valence-corrected chi connectivity index (χ2v) is 16.0. The summed E-state index contributed by atoms with van der Waals surface area (Å²) in [6.45, 7) is 2.41. The number of para-hydroxylation sites is 2. The Balaban J connectivity index is -0.000000287. The molecule has 4 N–H and O–H groups in total. The number of nitrogens with zero attached hydrogens (tertiary/aromatic N) is 7. The van der Waals surface area contributed by atoms with E-state index < -0.39 is 11.7 Å². The first-order chi connectivity index (χ1) is 41.7. The van der Waals surface area contributed by atoms with Gasteiger partial charge in [0, 0.05) is 67.1 Å². The number of terminal acetylenes is 1. The molecule has 0 aliphatic carbocycles. The number of ether oxygens (including phenoxy) is 2. The molecule has 86 heavy (non-hydrogen) atoms. The Morgan fingerprint density at radius 3 is 1.51 bits per heavy atom. The fourth-order valence-electron chi connectivity index (χ4n) is 7.29. The van der Waals surface area contributed by atoms with Gasteiger partial charge in [-0.2, -0.15) is 0 Å². The predicted molar refractivity (Wildman–Crippen MR) is 354 cm³/mol. The Morgan fingerprint density at radius 1 is 0.628 bits per heavy atom. The third kappa shape index (κ3) is 21.4. The van der Waals surface area contributed by atoms with E-state index in [1.807, 2.05) is 158 Å². The van der Waals surface area contributed by atoms with Gasteiger partial charge in [0.1, 0.15) is 11.5 Å². The Hall–Kier alpha value is -13.3. The number of hydrogen-bond acceptors (Lipinski definition) is 12. The quantitative estimate of drug-likeness (QED) is 0.0327. The molecule has 0 saturated carbocycles. The number of hydrogen-bond donors (Lipinski definition) is 3. The fraction of sp³-hybridized carbons (Fsp3) is 0.100. The lowest BCUT2D eigenvalue weighted by Gasteiger charge is -2.24. The van der Waals surface area contributed by atoms with Crippen LogP contribution < -0.4 is 31.2 Å². The topological polar surface area (TPSA) is 239 Å². The normalized spacial score (nSPS) is 10.3. The van der Waals surface area contributed by atoms with Crippen LogP contribution in [0.25, 0.3) is 32.6 Å². The Morgan fingerprint density at radius 2 is 1.05 bits per heavy atom. The highest BCUT2D eigenvalue weighted by Crippen LogP contribution is 2.30. The van der Waals surface area contributed by atoms with Crippen LogP contribution in [0.15, 0.2) is 173 Å². The molecule has 1 aromatic heterocycles. The summed E-state index contributed by atoms with van der Waals surface area (Å²) in [6, 6.07) is 49.8. The van der Waals surface area contributed by atoms with Crippen LogP contribution in [0.5, 0.6) is 11.5 Å². The maximum absolute atomic E-state index is 13.1. The van der Waals surface area contributed by atoms with Gasteiger partial charge in [-0.25, -0.2) is 4.98 Å². The molecule has 432 valence electrons. The maximum atomic E-state index is 13.1. The van der Waals surface area contributed by atoms with Crippen LogP contribution >= 0.6 is 0 Å². The molecule has 0 bridgehead atoms. The second kappa shape index (κ2) is 39.1. The minimum absolute atomic E-state index is 0. The van der Waals surface area contributed by atoms with E-state index in [9.17, 15) is 14.8 Å². The van der Waals surface area contributed by atoms with Crippen molar-refractivity contribution in [3.05, 3.63) is 216 Å². The average Bonchev–Trinajstić information content (AvgIpc) is 1.61. The van der Waals surface area contributed by atoms with Gasteiger partial charge in [0.05, 0.1) is 49.9 Å². The van der Waals surface area contributed by atoms with Gasteiger partial charge >= 0.3 is 0 Å². The molecule has 6 aromatic carbocycles. The highest BCUT2D eigenvalue weighted by atomic mass is 16.7. The lowest BCUT2D eigenvalue weighted by atomic mass is 10.00. The molecular formula is C70H65N9O7. The van der Waals surface area contributed by atoms with Crippen molar-refractivity contribution in [1.29, 1.82) is 5.53 Å². The molecular weight excluding hydrogens is 1080 g/mol. The highest BCUT2D eigenvalue weighted by Gasteiger charge is 2.30. The van der Waals surface area contributed by atoms with E-state index in [-0.39, 0.29) is 30.2 Å². The zero-order valence-corrected chi connectivity index (χ0v) is 45.7. The number of amides is 1. The zero-order chi connectivity index (χ0) is 61.3. The van der Waals surface area contributed by atoms with Crippen LogP contribution in [0.3, 0.4) is 0 Å². The van der Waals surface area contributed by atoms with Crippen LogP contribution in [0.4, 0.5) is 5.69 Å². The molecule has 0 radical (unpaired) electrons. The number of aromatic nitrogens is 2. The molecule has 0 saturated heterocycles. The largest absolute Gasteiger partial charge is 0.497 e. The average molecular weight is 1140 g/mol. The van der Waals surface area contributed by atoms with E-state index in [2.05, 4.69) is 139 Å². The van der Waals surface area contributed by atoms with E-state index in [1.54, 1.807) is 35.5 Å². The monoisotopic (exact) mass is 1140 g/mol. The Kier molecular flexibility index (Phi) is 30.5. The molecule has 8 rings (SSSR count). The van der Waals surface area contributed by atoms with Gasteiger partial charge in [-0.05, 0) is 160 Å².